The van der Waals surface area contributed by atoms with Crippen LogP contribution in [0.3, 0.4) is 0 Å². The molecule has 1 saturated carbocycles. The molecule has 3 nitrogen and oxygen atoms in total. The predicted molar refractivity (Wildman–Crippen MR) is 78.5 cm³/mol. The molecule has 1 aromatic carbocycles. The van der Waals surface area contributed by atoms with Gasteiger partial charge in [0.1, 0.15) is 0 Å². The molecule has 0 spiro atoms. The Bertz CT molecular complexity index is 612. The molecule has 1 aliphatic rings. The number of fused-ring (bicyclic) bond motifs is 1. The lowest BCUT2D eigenvalue weighted by molar-refractivity contribution is 0.1000. The highest BCUT2D eigenvalue weighted by atomic mass is 32.1. The molecule has 2 N–H and O–H groups in total. The smallest absolute Gasteiger partial charge is 0.277 e. The van der Waals surface area contributed by atoms with Crippen molar-refractivity contribution in [3.8, 4) is 0 Å². The lowest BCUT2D eigenvalue weighted by Crippen LogP contribution is -2.12. The van der Waals surface area contributed by atoms with Crippen molar-refractivity contribution in [2.24, 2.45) is 11.7 Å². The van der Waals surface area contributed by atoms with E-state index in [2.05, 4.69) is 24.0 Å². The van der Waals surface area contributed by atoms with Crippen molar-refractivity contribution < 1.29 is 4.79 Å². The maximum atomic E-state index is 11.3. The van der Waals surface area contributed by atoms with Crippen molar-refractivity contribution in [3.05, 3.63) is 28.8 Å². The molecule has 4 heteroatoms. The molecule has 0 saturated heterocycles. The van der Waals surface area contributed by atoms with Crippen molar-refractivity contribution in [1.29, 1.82) is 0 Å². The molecule has 0 radical (unpaired) electrons. The number of carbonyl (C=O) groups is 1. The molecule has 19 heavy (non-hydrogen) atoms. The fraction of sp³-hybridized carbons (Fsp3) is 0.467. The van der Waals surface area contributed by atoms with E-state index >= 15 is 0 Å². The number of benzene rings is 1. The number of hydrogen-bond donors (Lipinski definition) is 1. The molecule has 0 bridgehead atoms. The number of rotatable bonds is 2. The normalized spacial score (nSPS) is 23.6. The van der Waals surface area contributed by atoms with Gasteiger partial charge in [-0.15, -0.1) is 11.3 Å². The third-order valence-electron chi connectivity index (χ3n) is 4.12. The van der Waals surface area contributed by atoms with Gasteiger partial charge in [-0.2, -0.15) is 0 Å². The van der Waals surface area contributed by atoms with Crippen LogP contribution in [0, 0.1) is 5.92 Å². The zero-order valence-corrected chi connectivity index (χ0v) is 11.9. The number of amides is 1. The van der Waals surface area contributed by atoms with E-state index in [-0.39, 0.29) is 0 Å². The molecule has 100 valence electrons. The number of nitrogens with zero attached hydrogens (tertiary/aromatic N) is 1. The van der Waals surface area contributed by atoms with E-state index in [0.29, 0.717) is 10.9 Å². The minimum Gasteiger partial charge on any atom is -0.364 e. The van der Waals surface area contributed by atoms with Gasteiger partial charge in [-0.3, -0.25) is 4.79 Å². The van der Waals surface area contributed by atoms with Gasteiger partial charge in [0, 0.05) is 0 Å². The molecule has 0 aliphatic heterocycles. The van der Waals surface area contributed by atoms with Gasteiger partial charge >= 0.3 is 0 Å². The van der Waals surface area contributed by atoms with Crippen molar-refractivity contribution >= 4 is 27.5 Å². The van der Waals surface area contributed by atoms with Crippen LogP contribution in [0.5, 0.6) is 0 Å². The maximum absolute atomic E-state index is 11.3. The van der Waals surface area contributed by atoms with Gasteiger partial charge in [0.2, 0.25) is 0 Å². The molecule has 3 rings (SSSR count). The fourth-order valence-electron chi connectivity index (χ4n) is 2.98. The molecule has 1 amide bonds. The minimum absolute atomic E-state index is 0.423. The van der Waals surface area contributed by atoms with Crippen molar-refractivity contribution in [3.63, 3.8) is 0 Å². The van der Waals surface area contributed by atoms with Crippen LogP contribution >= 0.6 is 11.3 Å². The first-order chi connectivity index (χ1) is 9.15. The second-order valence-electron chi connectivity index (χ2n) is 5.53. The van der Waals surface area contributed by atoms with E-state index in [9.17, 15) is 4.79 Å². The van der Waals surface area contributed by atoms with Crippen LogP contribution < -0.4 is 5.73 Å². The van der Waals surface area contributed by atoms with Gasteiger partial charge in [-0.1, -0.05) is 31.9 Å². The second kappa shape index (κ2) is 4.93. The number of primary amides is 1. The van der Waals surface area contributed by atoms with E-state index in [0.717, 1.165) is 16.1 Å². The molecule has 1 aliphatic carbocycles. The zero-order valence-electron chi connectivity index (χ0n) is 11.1. The molecule has 0 atom stereocenters. The molecular weight excluding hydrogens is 256 g/mol. The fourth-order valence-corrected chi connectivity index (χ4v) is 3.83. The molecule has 1 heterocycles. The van der Waals surface area contributed by atoms with Crippen LogP contribution in [0.1, 0.15) is 53.9 Å². The van der Waals surface area contributed by atoms with Crippen LogP contribution in [0.25, 0.3) is 10.2 Å². The first-order valence-electron chi connectivity index (χ1n) is 6.84. The minimum atomic E-state index is -0.426. The lowest BCUT2D eigenvalue weighted by atomic mass is 9.79. The highest BCUT2D eigenvalue weighted by Gasteiger charge is 2.22. The van der Waals surface area contributed by atoms with E-state index in [1.54, 1.807) is 0 Å². The second-order valence-corrected chi connectivity index (χ2v) is 6.56. The van der Waals surface area contributed by atoms with E-state index in [1.807, 2.05) is 6.07 Å². The van der Waals surface area contributed by atoms with Gasteiger partial charge in [-0.05, 0) is 36.3 Å². The van der Waals surface area contributed by atoms with Gasteiger partial charge < -0.3 is 5.73 Å². The van der Waals surface area contributed by atoms with E-state index < -0.39 is 5.91 Å². The largest absolute Gasteiger partial charge is 0.364 e. The number of nitrogens with two attached hydrogens (primary N) is 1. The third kappa shape index (κ3) is 2.37. The molecule has 1 fully saturated rings. The van der Waals surface area contributed by atoms with Gasteiger partial charge in [0.25, 0.3) is 5.91 Å². The molecular formula is C15H18N2OS. The Balaban J connectivity index is 2.01. The summed E-state index contributed by atoms with van der Waals surface area (Å²) in [4.78, 5) is 15.7. The number of aromatic nitrogens is 1. The SMILES string of the molecule is CC1CCC(c2cccc3sc(C(N)=O)nc23)CC1. The number of hydrogen-bond acceptors (Lipinski definition) is 3. The first-order valence-corrected chi connectivity index (χ1v) is 7.66. The van der Waals surface area contributed by atoms with Crippen molar-refractivity contribution in [2.45, 2.75) is 38.5 Å². The zero-order chi connectivity index (χ0) is 13.4. The molecule has 0 unspecified atom stereocenters. The molecule has 2 aromatic rings. The molecule has 1 aromatic heterocycles. The Morgan fingerprint density at radius 2 is 2.05 bits per heavy atom. The average Bonchev–Trinajstić information content (AvgIpc) is 2.83. The summed E-state index contributed by atoms with van der Waals surface area (Å²) in [5, 5.41) is 0.423. The van der Waals surface area contributed by atoms with Crippen LogP contribution in [-0.4, -0.2) is 10.9 Å². The Kier molecular flexibility index (Phi) is 3.27. The van der Waals surface area contributed by atoms with Gasteiger partial charge in [0.15, 0.2) is 5.01 Å². The van der Waals surface area contributed by atoms with E-state index in [4.69, 9.17) is 5.73 Å². The topological polar surface area (TPSA) is 56.0 Å². The summed E-state index contributed by atoms with van der Waals surface area (Å²) in [5.41, 5.74) is 7.62. The summed E-state index contributed by atoms with van der Waals surface area (Å²) in [7, 11) is 0. The summed E-state index contributed by atoms with van der Waals surface area (Å²) < 4.78 is 1.07. The van der Waals surface area contributed by atoms with Crippen molar-refractivity contribution in [2.75, 3.05) is 0 Å². The summed E-state index contributed by atoms with van der Waals surface area (Å²) >= 11 is 1.40. The van der Waals surface area contributed by atoms with Gasteiger partial charge in [-0.25, -0.2) is 4.98 Å². The highest BCUT2D eigenvalue weighted by Crippen LogP contribution is 2.39. The standard InChI is InChI=1S/C15H18N2OS/c1-9-5-7-10(8-6-9)11-3-2-4-12-13(11)17-15(19-12)14(16)18/h2-4,9-10H,5-8H2,1H3,(H2,16,18). The summed E-state index contributed by atoms with van der Waals surface area (Å²) in [6.07, 6.45) is 5.02. The average molecular weight is 274 g/mol. The summed E-state index contributed by atoms with van der Waals surface area (Å²) in [6.45, 7) is 2.32. The Morgan fingerprint density at radius 3 is 2.74 bits per heavy atom. The lowest BCUT2D eigenvalue weighted by Gasteiger charge is -2.26. The number of carbonyl (C=O) groups excluding carboxylic acids is 1. The van der Waals surface area contributed by atoms with E-state index in [1.165, 1.54) is 42.6 Å². The quantitative estimate of drug-likeness (QED) is 0.908. The van der Waals surface area contributed by atoms with Crippen LogP contribution in [-0.2, 0) is 0 Å². The van der Waals surface area contributed by atoms with Crippen LogP contribution in [0.2, 0.25) is 0 Å². The Morgan fingerprint density at radius 1 is 1.32 bits per heavy atom. The number of para-hydroxylation sites is 1. The third-order valence-corrected chi connectivity index (χ3v) is 5.15. The predicted octanol–water partition coefficient (Wildman–Crippen LogP) is 3.69. The van der Waals surface area contributed by atoms with Crippen LogP contribution in [0.4, 0.5) is 0 Å². The Labute approximate surface area is 116 Å². The van der Waals surface area contributed by atoms with Gasteiger partial charge in [0.05, 0.1) is 10.2 Å². The summed E-state index contributed by atoms with van der Waals surface area (Å²) in [5.74, 6) is 0.999. The maximum Gasteiger partial charge on any atom is 0.277 e. The highest BCUT2D eigenvalue weighted by molar-refractivity contribution is 7.20. The van der Waals surface area contributed by atoms with Crippen LogP contribution in [0.15, 0.2) is 18.2 Å². The first kappa shape index (κ1) is 12.6. The number of thiazole rings is 1. The Hall–Kier alpha value is -1.42. The van der Waals surface area contributed by atoms with Crippen molar-refractivity contribution in [1.82, 2.24) is 4.98 Å². The summed E-state index contributed by atoms with van der Waals surface area (Å²) in [6, 6.07) is 6.25. The monoisotopic (exact) mass is 274 g/mol.